The minimum Gasteiger partial charge on any atom is -0.394 e. The molecule has 11 nitrogen and oxygen atoms in total. The van der Waals surface area contributed by atoms with Crippen LogP contribution in [0.1, 0.15) is 0 Å². The highest BCUT2D eigenvalue weighted by Crippen LogP contribution is 2.49. The van der Waals surface area contributed by atoms with E-state index in [-0.39, 0.29) is 6.61 Å². The number of phosphoric ester groups is 1. The fourth-order valence-corrected chi connectivity index (χ4v) is 3.29. The molecule has 2 rings (SSSR count). The highest BCUT2D eigenvalue weighted by Gasteiger charge is 2.48. The molecular weight excluding hydrogens is 311 g/mol. The van der Waals surface area contributed by atoms with Crippen LogP contribution in [-0.4, -0.2) is 76.4 Å². The van der Waals surface area contributed by atoms with E-state index < -0.39 is 57.4 Å². The van der Waals surface area contributed by atoms with Crippen LogP contribution in [0.3, 0.4) is 0 Å². The Labute approximate surface area is 120 Å². The number of aliphatic hydroxyl groups is 3. The van der Waals surface area contributed by atoms with E-state index in [1.807, 2.05) is 0 Å². The van der Waals surface area contributed by atoms with Gasteiger partial charge in [-0.05, 0) is 0 Å². The molecule has 0 aliphatic carbocycles. The maximum absolute atomic E-state index is 11.9. The summed E-state index contributed by atoms with van der Waals surface area (Å²) in [5, 5.41) is 28.2. The lowest BCUT2D eigenvalue weighted by Crippen LogP contribution is -2.41. The smallest absolute Gasteiger partial charge is 0.394 e. The second kappa shape index (κ2) is 6.52. The van der Waals surface area contributed by atoms with Gasteiger partial charge in [-0.25, -0.2) is 4.57 Å². The summed E-state index contributed by atoms with van der Waals surface area (Å²) in [4.78, 5) is 9.67. The van der Waals surface area contributed by atoms with Crippen LogP contribution < -0.4 is 11.5 Å². The summed E-state index contributed by atoms with van der Waals surface area (Å²) in [6.07, 6.45) is -8.58. The molecule has 0 aromatic carbocycles. The van der Waals surface area contributed by atoms with Crippen LogP contribution in [0.5, 0.6) is 0 Å². The van der Waals surface area contributed by atoms with Crippen LogP contribution in [0.25, 0.3) is 0 Å². The number of aliphatic hydroxyl groups excluding tert-OH is 3. The normalized spacial score (nSPS) is 46.7. The molecule has 21 heavy (non-hydrogen) atoms. The third kappa shape index (κ3) is 3.78. The molecule has 0 radical (unpaired) electrons. The highest BCUT2D eigenvalue weighted by molar-refractivity contribution is 7.47. The fourth-order valence-electron chi connectivity index (χ4n) is 2.12. The van der Waals surface area contributed by atoms with E-state index in [1.54, 1.807) is 0 Å². The SMILES string of the molecule is NC1O[C@H](CO)[C@@H](O)[C@H]1OP(=O)(O)O[C@H]1C(N)OC[C@H]1O. The highest BCUT2D eigenvalue weighted by atomic mass is 31.2. The zero-order valence-electron chi connectivity index (χ0n) is 10.9. The van der Waals surface area contributed by atoms with E-state index >= 15 is 0 Å². The first-order valence-corrected chi connectivity index (χ1v) is 7.69. The van der Waals surface area contributed by atoms with Gasteiger partial charge in [0.1, 0.15) is 43.0 Å². The monoisotopic (exact) mass is 330 g/mol. The second-order valence-corrected chi connectivity index (χ2v) is 6.14. The Hall–Kier alpha value is -0.170. The lowest BCUT2D eigenvalue weighted by atomic mass is 10.1. The largest absolute Gasteiger partial charge is 0.473 e. The standard InChI is InChI=1S/C9H19N2O9P/c10-8-6(3(13)2-17-8)19-21(15,16)20-7-5(14)4(1-12)18-9(7)11/h3-9,12-14H,1-2,10-11H2,(H,15,16)/t3-,4-,5-,6-,7-,8?,9?/m1/s1. The third-order valence-electron chi connectivity index (χ3n) is 3.23. The van der Waals surface area contributed by atoms with Gasteiger partial charge < -0.3 is 41.2 Å². The Bertz CT molecular complexity index is 403. The Balaban J connectivity index is 1.99. The summed E-state index contributed by atoms with van der Waals surface area (Å²) in [6.45, 7) is -0.682. The van der Waals surface area contributed by atoms with E-state index in [9.17, 15) is 19.7 Å². The van der Waals surface area contributed by atoms with Crippen LogP contribution in [0, 0.1) is 0 Å². The van der Waals surface area contributed by atoms with Crippen molar-refractivity contribution in [2.24, 2.45) is 11.5 Å². The van der Waals surface area contributed by atoms with Crippen molar-refractivity contribution < 1.29 is 43.3 Å². The van der Waals surface area contributed by atoms with Crippen molar-refractivity contribution in [3.63, 3.8) is 0 Å². The van der Waals surface area contributed by atoms with E-state index in [0.717, 1.165) is 0 Å². The van der Waals surface area contributed by atoms with Gasteiger partial charge in [-0.2, -0.15) is 0 Å². The van der Waals surface area contributed by atoms with E-state index in [1.165, 1.54) is 0 Å². The molecule has 0 bridgehead atoms. The van der Waals surface area contributed by atoms with Crippen LogP contribution >= 0.6 is 7.82 Å². The van der Waals surface area contributed by atoms with Gasteiger partial charge in [-0.15, -0.1) is 0 Å². The summed E-state index contributed by atoms with van der Waals surface area (Å²) in [6, 6.07) is 0. The van der Waals surface area contributed by atoms with Gasteiger partial charge in [0, 0.05) is 0 Å². The summed E-state index contributed by atoms with van der Waals surface area (Å²) in [5.41, 5.74) is 11.0. The molecule has 0 aromatic rings. The van der Waals surface area contributed by atoms with Crippen molar-refractivity contribution >= 4 is 7.82 Å². The Morgan fingerprint density at radius 2 is 1.81 bits per heavy atom. The van der Waals surface area contributed by atoms with Crippen LogP contribution in [-0.2, 0) is 23.1 Å². The number of phosphoric acid groups is 1. The summed E-state index contributed by atoms with van der Waals surface area (Å²) < 4.78 is 31.2. The Morgan fingerprint density at radius 3 is 2.29 bits per heavy atom. The van der Waals surface area contributed by atoms with Gasteiger partial charge in [-0.3, -0.25) is 9.05 Å². The predicted molar refractivity (Wildman–Crippen MR) is 65.4 cm³/mol. The molecule has 8 atom stereocenters. The van der Waals surface area contributed by atoms with E-state index in [2.05, 4.69) is 0 Å². The average molecular weight is 330 g/mol. The fraction of sp³-hybridized carbons (Fsp3) is 1.00. The van der Waals surface area contributed by atoms with Crippen LogP contribution in [0.4, 0.5) is 0 Å². The lowest BCUT2D eigenvalue weighted by Gasteiger charge is -2.25. The Kier molecular flexibility index (Phi) is 5.34. The first kappa shape index (κ1) is 17.2. The van der Waals surface area contributed by atoms with Gasteiger partial charge in [0.05, 0.1) is 13.2 Å². The van der Waals surface area contributed by atoms with Crippen molar-refractivity contribution in [3.05, 3.63) is 0 Å². The summed E-state index contributed by atoms with van der Waals surface area (Å²) in [5.74, 6) is 0. The number of hydrogen-bond acceptors (Lipinski definition) is 10. The molecule has 8 N–H and O–H groups in total. The molecule has 2 fully saturated rings. The summed E-state index contributed by atoms with van der Waals surface area (Å²) >= 11 is 0. The third-order valence-corrected chi connectivity index (χ3v) is 4.25. The molecule has 2 aliphatic heterocycles. The molecule has 0 amide bonds. The number of ether oxygens (including phenoxy) is 2. The first-order valence-electron chi connectivity index (χ1n) is 6.20. The molecule has 0 saturated carbocycles. The number of rotatable bonds is 5. The van der Waals surface area contributed by atoms with Gasteiger partial charge in [0.2, 0.25) is 0 Å². The average Bonchev–Trinajstić information content (AvgIpc) is 2.85. The molecule has 2 heterocycles. The molecule has 2 aliphatic rings. The molecule has 0 spiro atoms. The molecule has 124 valence electrons. The maximum atomic E-state index is 11.9. The van der Waals surface area contributed by atoms with Gasteiger partial charge >= 0.3 is 7.82 Å². The van der Waals surface area contributed by atoms with Gasteiger partial charge in [0.15, 0.2) is 0 Å². The quantitative estimate of drug-likeness (QED) is 0.275. The zero-order chi connectivity index (χ0) is 15.8. The topological polar surface area (TPSA) is 187 Å². The minimum absolute atomic E-state index is 0.146. The van der Waals surface area contributed by atoms with E-state index in [0.29, 0.717) is 0 Å². The van der Waals surface area contributed by atoms with Crippen LogP contribution in [0.2, 0.25) is 0 Å². The minimum atomic E-state index is -4.70. The Morgan fingerprint density at radius 1 is 1.19 bits per heavy atom. The van der Waals surface area contributed by atoms with Gasteiger partial charge in [0.25, 0.3) is 0 Å². The lowest BCUT2D eigenvalue weighted by molar-refractivity contribution is -0.0209. The molecule has 2 saturated heterocycles. The molecule has 0 aromatic heterocycles. The second-order valence-electron chi connectivity index (χ2n) is 4.79. The maximum Gasteiger partial charge on any atom is 0.473 e. The predicted octanol–water partition coefficient (Wildman–Crippen LogP) is -3.43. The number of hydrogen-bond donors (Lipinski definition) is 6. The van der Waals surface area contributed by atoms with Gasteiger partial charge in [-0.1, -0.05) is 0 Å². The van der Waals surface area contributed by atoms with Crippen molar-refractivity contribution in [2.75, 3.05) is 13.2 Å². The van der Waals surface area contributed by atoms with Crippen molar-refractivity contribution in [3.8, 4) is 0 Å². The van der Waals surface area contributed by atoms with E-state index in [4.69, 9.17) is 35.1 Å². The summed E-state index contributed by atoms with van der Waals surface area (Å²) in [7, 11) is -4.70. The zero-order valence-corrected chi connectivity index (χ0v) is 11.8. The van der Waals surface area contributed by atoms with Crippen molar-refractivity contribution in [1.29, 1.82) is 0 Å². The molecule has 3 unspecified atom stereocenters. The van der Waals surface area contributed by atoms with Crippen LogP contribution in [0.15, 0.2) is 0 Å². The van der Waals surface area contributed by atoms with Crippen molar-refractivity contribution in [1.82, 2.24) is 0 Å². The van der Waals surface area contributed by atoms with Crippen molar-refractivity contribution in [2.45, 2.75) is 43.0 Å². The molecule has 12 heteroatoms. The number of nitrogens with two attached hydrogens (primary N) is 2. The first-order chi connectivity index (χ1) is 9.75. The molecular formula is C9H19N2O9P.